The van der Waals surface area contributed by atoms with Crippen LogP contribution in [-0.4, -0.2) is 29.2 Å². The Bertz CT molecular complexity index is 690. The number of nitrogens with zero attached hydrogens (tertiary/aromatic N) is 1. The van der Waals surface area contributed by atoms with Gasteiger partial charge in [-0.25, -0.2) is 4.79 Å². The van der Waals surface area contributed by atoms with Gasteiger partial charge in [0, 0.05) is 28.7 Å². The van der Waals surface area contributed by atoms with Gasteiger partial charge in [0.15, 0.2) is 0 Å². The Kier molecular flexibility index (Phi) is 3.79. The van der Waals surface area contributed by atoms with Crippen LogP contribution in [0.3, 0.4) is 0 Å². The highest BCUT2D eigenvalue weighted by Gasteiger charge is 2.24. The molecule has 1 aromatic carbocycles. The molecule has 21 heavy (non-hydrogen) atoms. The van der Waals surface area contributed by atoms with Gasteiger partial charge in [0.25, 0.3) is 0 Å². The Hall–Kier alpha value is -2.08. The van der Waals surface area contributed by atoms with Gasteiger partial charge in [-0.3, -0.25) is 4.98 Å². The molecule has 0 spiro atoms. The summed E-state index contributed by atoms with van der Waals surface area (Å²) in [5.41, 5.74) is 1.88. The highest BCUT2D eigenvalue weighted by Crippen LogP contribution is 2.36. The third-order valence-electron chi connectivity index (χ3n) is 3.45. The zero-order chi connectivity index (χ0) is 14.8. The highest BCUT2D eigenvalue weighted by molar-refractivity contribution is 9.10. The van der Waals surface area contributed by atoms with Gasteiger partial charge in [0.1, 0.15) is 5.75 Å². The minimum atomic E-state index is -0.966. The summed E-state index contributed by atoms with van der Waals surface area (Å²) in [5, 5.41) is 12.3. The topological polar surface area (TPSA) is 71.5 Å². The molecule has 0 aliphatic carbocycles. The summed E-state index contributed by atoms with van der Waals surface area (Å²) in [6.45, 7) is 1.18. The van der Waals surface area contributed by atoms with Crippen molar-refractivity contribution in [3.8, 4) is 5.75 Å². The molecule has 0 bridgehead atoms. The average molecular weight is 349 g/mol. The monoisotopic (exact) mass is 348 g/mol. The fourth-order valence-electron chi connectivity index (χ4n) is 2.37. The molecule has 0 radical (unpaired) electrons. The number of ether oxygens (including phenoxy) is 1. The van der Waals surface area contributed by atoms with E-state index in [1.165, 1.54) is 18.5 Å². The summed E-state index contributed by atoms with van der Waals surface area (Å²) in [5.74, 6) is 0.0997. The predicted molar refractivity (Wildman–Crippen MR) is 82.1 cm³/mol. The van der Waals surface area contributed by atoms with Crippen molar-refractivity contribution < 1.29 is 14.6 Å². The zero-order valence-corrected chi connectivity index (χ0v) is 12.6. The molecule has 0 saturated heterocycles. The third-order valence-corrected chi connectivity index (χ3v) is 3.94. The number of pyridine rings is 1. The molecule has 0 amide bonds. The number of fused-ring (bicyclic) bond motifs is 1. The van der Waals surface area contributed by atoms with Crippen LogP contribution in [0, 0.1) is 0 Å². The van der Waals surface area contributed by atoms with E-state index >= 15 is 0 Å². The van der Waals surface area contributed by atoms with Crippen molar-refractivity contribution in [3.05, 3.63) is 52.3 Å². The van der Waals surface area contributed by atoms with E-state index in [0.717, 1.165) is 15.8 Å². The van der Waals surface area contributed by atoms with Crippen molar-refractivity contribution in [3.63, 3.8) is 0 Å². The fraction of sp³-hybridized carbons (Fsp3) is 0.200. The first-order valence-corrected chi connectivity index (χ1v) is 7.28. The molecule has 108 valence electrons. The second-order valence-electron chi connectivity index (χ2n) is 4.80. The van der Waals surface area contributed by atoms with Gasteiger partial charge in [-0.05, 0) is 18.2 Å². The molecule has 0 saturated carbocycles. The van der Waals surface area contributed by atoms with Crippen molar-refractivity contribution in [2.45, 2.75) is 5.92 Å². The lowest BCUT2D eigenvalue weighted by molar-refractivity contribution is 0.0698. The normalized spacial score (nSPS) is 16.1. The molecule has 2 N–H and O–H groups in total. The summed E-state index contributed by atoms with van der Waals surface area (Å²) in [7, 11) is 0. The molecule has 3 rings (SSSR count). The minimum Gasteiger partial charge on any atom is -0.493 e. The van der Waals surface area contributed by atoms with Crippen LogP contribution in [0.1, 0.15) is 21.8 Å². The summed E-state index contributed by atoms with van der Waals surface area (Å²) in [6, 6.07) is 7.44. The average Bonchev–Trinajstić information content (AvgIpc) is 2.87. The summed E-state index contributed by atoms with van der Waals surface area (Å²) in [4.78, 5) is 15.1. The molecular formula is C15H13BrN2O3. The molecule has 1 aliphatic rings. The van der Waals surface area contributed by atoms with Crippen LogP contribution >= 0.6 is 15.9 Å². The Morgan fingerprint density at radius 1 is 1.48 bits per heavy atom. The van der Waals surface area contributed by atoms with E-state index in [0.29, 0.717) is 18.8 Å². The van der Waals surface area contributed by atoms with Crippen LogP contribution in [-0.2, 0) is 0 Å². The van der Waals surface area contributed by atoms with E-state index in [4.69, 9.17) is 9.84 Å². The number of nitrogens with one attached hydrogen (secondary N) is 1. The summed E-state index contributed by atoms with van der Waals surface area (Å²) in [6.07, 6.45) is 3.00. The minimum absolute atomic E-state index is 0.190. The van der Waals surface area contributed by atoms with Crippen LogP contribution in [0.25, 0.3) is 0 Å². The number of aromatic carboxylic acids is 1. The maximum absolute atomic E-state index is 11.2. The summed E-state index contributed by atoms with van der Waals surface area (Å²) >= 11 is 3.42. The number of hydrogen-bond acceptors (Lipinski definition) is 4. The van der Waals surface area contributed by atoms with Crippen molar-refractivity contribution in [2.75, 3.05) is 18.5 Å². The first-order chi connectivity index (χ1) is 10.1. The highest BCUT2D eigenvalue weighted by atomic mass is 79.9. The largest absolute Gasteiger partial charge is 0.493 e. The Labute approximate surface area is 130 Å². The summed E-state index contributed by atoms with van der Waals surface area (Å²) < 4.78 is 6.64. The molecule has 0 fully saturated rings. The Morgan fingerprint density at radius 3 is 3.14 bits per heavy atom. The Balaban J connectivity index is 1.75. The molecule has 1 unspecified atom stereocenters. The first-order valence-electron chi connectivity index (χ1n) is 6.48. The molecule has 5 nitrogen and oxygen atoms in total. The van der Waals surface area contributed by atoms with Crippen molar-refractivity contribution in [2.24, 2.45) is 0 Å². The van der Waals surface area contributed by atoms with E-state index in [2.05, 4.69) is 26.2 Å². The third kappa shape index (κ3) is 2.85. The number of halogens is 1. The van der Waals surface area contributed by atoms with Crippen molar-refractivity contribution >= 4 is 27.6 Å². The van der Waals surface area contributed by atoms with E-state index in [9.17, 15) is 4.79 Å². The first kappa shape index (κ1) is 13.9. The van der Waals surface area contributed by atoms with Gasteiger partial charge >= 0.3 is 5.97 Å². The maximum Gasteiger partial charge on any atom is 0.337 e. The van der Waals surface area contributed by atoms with Crippen LogP contribution in [0.15, 0.2) is 41.1 Å². The second kappa shape index (κ2) is 5.73. The van der Waals surface area contributed by atoms with E-state index < -0.39 is 5.97 Å². The standard InChI is InChI=1S/C15H13BrN2O3/c16-10-1-2-11-9(8-21-14(11)5-10)6-18-13-7-17-4-3-12(13)15(19)20/h1-5,7,9,18H,6,8H2,(H,19,20). The number of rotatable bonds is 4. The van der Waals surface area contributed by atoms with E-state index in [-0.39, 0.29) is 11.5 Å². The van der Waals surface area contributed by atoms with Gasteiger partial charge in [0.2, 0.25) is 0 Å². The number of carbonyl (C=O) groups is 1. The number of carboxylic acid groups (broad SMARTS) is 1. The second-order valence-corrected chi connectivity index (χ2v) is 5.71. The smallest absolute Gasteiger partial charge is 0.337 e. The quantitative estimate of drug-likeness (QED) is 0.887. The van der Waals surface area contributed by atoms with Crippen molar-refractivity contribution in [1.82, 2.24) is 4.98 Å². The number of anilines is 1. The molecule has 1 aromatic heterocycles. The van der Waals surface area contributed by atoms with Gasteiger partial charge in [0.05, 0.1) is 24.1 Å². The lowest BCUT2D eigenvalue weighted by Gasteiger charge is -2.13. The lowest BCUT2D eigenvalue weighted by Crippen LogP contribution is -2.16. The van der Waals surface area contributed by atoms with Gasteiger partial charge in [-0.1, -0.05) is 22.0 Å². The van der Waals surface area contributed by atoms with Gasteiger partial charge in [-0.15, -0.1) is 0 Å². The van der Waals surface area contributed by atoms with Crippen LogP contribution in [0.2, 0.25) is 0 Å². The van der Waals surface area contributed by atoms with Crippen LogP contribution in [0.5, 0.6) is 5.75 Å². The number of benzene rings is 1. The van der Waals surface area contributed by atoms with Crippen LogP contribution < -0.4 is 10.1 Å². The molecule has 2 aromatic rings. The van der Waals surface area contributed by atoms with E-state index in [1.807, 2.05) is 18.2 Å². The fourth-order valence-corrected chi connectivity index (χ4v) is 2.71. The molecule has 6 heteroatoms. The van der Waals surface area contributed by atoms with Crippen molar-refractivity contribution in [1.29, 1.82) is 0 Å². The lowest BCUT2D eigenvalue weighted by atomic mass is 10.0. The van der Waals surface area contributed by atoms with Gasteiger partial charge in [-0.2, -0.15) is 0 Å². The molecule has 1 aliphatic heterocycles. The zero-order valence-electron chi connectivity index (χ0n) is 11.0. The molecular weight excluding hydrogens is 336 g/mol. The van der Waals surface area contributed by atoms with Gasteiger partial charge < -0.3 is 15.2 Å². The molecule has 1 atom stereocenters. The number of aromatic nitrogens is 1. The molecule has 2 heterocycles. The number of carboxylic acids is 1. The van der Waals surface area contributed by atoms with Crippen LogP contribution in [0.4, 0.5) is 5.69 Å². The Morgan fingerprint density at radius 2 is 2.33 bits per heavy atom. The SMILES string of the molecule is O=C(O)c1ccncc1NCC1COc2cc(Br)ccc21. The number of hydrogen-bond donors (Lipinski definition) is 2. The maximum atomic E-state index is 11.2. The van der Waals surface area contributed by atoms with E-state index in [1.54, 1.807) is 0 Å². The predicted octanol–water partition coefficient (Wildman–Crippen LogP) is 3.13.